The van der Waals surface area contributed by atoms with Crippen LogP contribution in [0.5, 0.6) is 0 Å². The van der Waals surface area contributed by atoms with Crippen LogP contribution >= 0.6 is 0 Å². The zero-order valence-electron chi connectivity index (χ0n) is 11.4. The van der Waals surface area contributed by atoms with Crippen molar-refractivity contribution in [3.8, 4) is 0 Å². The lowest BCUT2D eigenvalue weighted by Gasteiger charge is -2.03. The van der Waals surface area contributed by atoms with Crippen LogP contribution in [0.2, 0.25) is 0 Å². The minimum Gasteiger partial charge on any atom is -0.287 e. The monoisotopic (exact) mass is 273 g/mol. The van der Waals surface area contributed by atoms with Gasteiger partial charge >= 0.3 is 5.69 Å². The topological polar surface area (TPSA) is 78.0 Å². The molecule has 1 heterocycles. The summed E-state index contributed by atoms with van der Waals surface area (Å²) in [5.74, 6) is -0.369. The summed E-state index contributed by atoms with van der Waals surface area (Å²) in [5, 5.41) is 15.4. The van der Waals surface area contributed by atoms with Crippen LogP contribution in [-0.2, 0) is 13.0 Å². The van der Waals surface area contributed by atoms with Crippen LogP contribution in [0.25, 0.3) is 0 Å². The fraction of sp³-hybridized carbons (Fsp3) is 0.286. The van der Waals surface area contributed by atoms with Crippen molar-refractivity contribution < 1.29 is 9.72 Å². The van der Waals surface area contributed by atoms with Gasteiger partial charge in [-0.3, -0.25) is 19.6 Å². The maximum Gasteiger partial charge on any atom is 0.321 e. The average Bonchev–Trinajstić information content (AvgIpc) is 2.86. The molecule has 0 saturated carbocycles. The summed E-state index contributed by atoms with van der Waals surface area (Å²) in [5.41, 5.74) is 0.646. The number of nitro groups is 1. The first-order valence-corrected chi connectivity index (χ1v) is 6.43. The van der Waals surface area contributed by atoms with E-state index in [0.717, 1.165) is 0 Å². The molecule has 1 aromatic carbocycles. The molecule has 0 amide bonds. The summed E-state index contributed by atoms with van der Waals surface area (Å²) in [4.78, 5) is 23.3. The van der Waals surface area contributed by atoms with E-state index in [4.69, 9.17) is 0 Å². The molecule has 0 saturated heterocycles. The second kappa shape index (κ2) is 5.64. The number of ketones is 1. The predicted molar refractivity (Wildman–Crippen MR) is 73.8 cm³/mol. The van der Waals surface area contributed by atoms with Crippen molar-refractivity contribution in [2.45, 2.75) is 26.8 Å². The number of carbonyl (C=O) groups excluding carboxylic acids is 1. The molecule has 2 rings (SSSR count). The number of aromatic nitrogens is 2. The standard InChI is InChI=1S/C14H15N3O3/c1-3-11-12(17(19)20)13(16(4-2)15-11)14(18)10-8-6-5-7-9-10/h5-9H,3-4H2,1-2H3. The van der Waals surface area contributed by atoms with Gasteiger partial charge in [-0.1, -0.05) is 37.3 Å². The maximum atomic E-state index is 12.5. The van der Waals surface area contributed by atoms with Gasteiger partial charge in [0.05, 0.1) is 4.92 Å². The zero-order chi connectivity index (χ0) is 14.7. The fourth-order valence-corrected chi connectivity index (χ4v) is 2.11. The van der Waals surface area contributed by atoms with E-state index in [2.05, 4.69) is 5.10 Å². The fourth-order valence-electron chi connectivity index (χ4n) is 2.11. The van der Waals surface area contributed by atoms with Crippen LogP contribution in [0.15, 0.2) is 30.3 Å². The molecule has 0 aliphatic rings. The molecule has 0 radical (unpaired) electrons. The van der Waals surface area contributed by atoms with Crippen molar-refractivity contribution in [3.05, 3.63) is 57.4 Å². The summed E-state index contributed by atoms with van der Waals surface area (Å²) in [6, 6.07) is 8.54. The first kappa shape index (κ1) is 13.9. The van der Waals surface area contributed by atoms with Gasteiger partial charge in [-0.15, -0.1) is 0 Å². The number of hydrogen-bond donors (Lipinski definition) is 0. The Morgan fingerprint density at radius 1 is 1.30 bits per heavy atom. The molecule has 0 aliphatic carbocycles. The van der Waals surface area contributed by atoms with E-state index in [1.807, 2.05) is 0 Å². The highest BCUT2D eigenvalue weighted by Gasteiger charge is 2.31. The largest absolute Gasteiger partial charge is 0.321 e. The van der Waals surface area contributed by atoms with Gasteiger partial charge in [0.1, 0.15) is 5.69 Å². The van der Waals surface area contributed by atoms with Crippen LogP contribution < -0.4 is 0 Å². The van der Waals surface area contributed by atoms with E-state index < -0.39 is 4.92 Å². The molecule has 20 heavy (non-hydrogen) atoms. The second-order valence-corrected chi connectivity index (χ2v) is 4.27. The third-order valence-electron chi connectivity index (χ3n) is 3.07. The Hall–Kier alpha value is -2.50. The van der Waals surface area contributed by atoms with Gasteiger partial charge in [-0.05, 0) is 13.3 Å². The predicted octanol–water partition coefficient (Wildman–Crippen LogP) is 2.60. The molecule has 1 aromatic heterocycles. The third kappa shape index (κ3) is 2.32. The zero-order valence-corrected chi connectivity index (χ0v) is 11.4. The molecular formula is C14H15N3O3. The molecule has 0 fully saturated rings. The normalized spacial score (nSPS) is 10.5. The van der Waals surface area contributed by atoms with Crippen molar-refractivity contribution >= 4 is 11.5 Å². The van der Waals surface area contributed by atoms with Crippen LogP contribution in [0.4, 0.5) is 5.69 Å². The molecule has 104 valence electrons. The Balaban J connectivity index is 2.63. The SMILES string of the molecule is CCc1nn(CC)c(C(=O)c2ccccc2)c1[N+](=O)[O-]. The highest BCUT2D eigenvalue weighted by Crippen LogP contribution is 2.26. The lowest BCUT2D eigenvalue weighted by molar-refractivity contribution is -0.385. The van der Waals surface area contributed by atoms with Gasteiger partial charge < -0.3 is 0 Å². The van der Waals surface area contributed by atoms with Gasteiger partial charge in [-0.2, -0.15) is 5.10 Å². The summed E-state index contributed by atoms with van der Waals surface area (Å²) in [7, 11) is 0. The smallest absolute Gasteiger partial charge is 0.287 e. The Kier molecular flexibility index (Phi) is 3.93. The van der Waals surface area contributed by atoms with Crippen molar-refractivity contribution in [1.82, 2.24) is 9.78 Å². The molecular weight excluding hydrogens is 258 g/mol. The molecule has 0 aliphatic heterocycles. The van der Waals surface area contributed by atoms with Crippen LogP contribution in [0.3, 0.4) is 0 Å². The van der Waals surface area contributed by atoms with Gasteiger partial charge in [0, 0.05) is 12.1 Å². The number of carbonyl (C=O) groups is 1. The number of aryl methyl sites for hydroxylation is 2. The summed E-state index contributed by atoms with van der Waals surface area (Å²) >= 11 is 0. The summed E-state index contributed by atoms with van der Waals surface area (Å²) < 4.78 is 1.41. The maximum absolute atomic E-state index is 12.5. The molecule has 0 spiro atoms. The van der Waals surface area contributed by atoms with Gasteiger partial charge in [0.2, 0.25) is 5.78 Å². The highest BCUT2D eigenvalue weighted by atomic mass is 16.6. The molecule has 0 N–H and O–H groups in total. The van der Waals surface area contributed by atoms with Gasteiger partial charge in [0.15, 0.2) is 5.69 Å². The van der Waals surface area contributed by atoms with Crippen LogP contribution in [0.1, 0.15) is 35.6 Å². The lowest BCUT2D eigenvalue weighted by atomic mass is 10.1. The van der Waals surface area contributed by atoms with Crippen molar-refractivity contribution in [3.63, 3.8) is 0 Å². The van der Waals surface area contributed by atoms with E-state index in [-0.39, 0.29) is 17.2 Å². The second-order valence-electron chi connectivity index (χ2n) is 4.27. The molecule has 0 unspecified atom stereocenters. The van der Waals surface area contributed by atoms with Crippen molar-refractivity contribution in [1.29, 1.82) is 0 Å². The Labute approximate surface area is 116 Å². The molecule has 2 aromatic rings. The van der Waals surface area contributed by atoms with Gasteiger partial charge in [0.25, 0.3) is 0 Å². The highest BCUT2D eigenvalue weighted by molar-refractivity contribution is 6.10. The van der Waals surface area contributed by atoms with Crippen LogP contribution in [0, 0.1) is 10.1 Å². The molecule has 0 bridgehead atoms. The van der Waals surface area contributed by atoms with Crippen molar-refractivity contribution in [2.24, 2.45) is 0 Å². The quantitative estimate of drug-likeness (QED) is 0.476. The molecule has 0 atom stereocenters. The Morgan fingerprint density at radius 3 is 2.45 bits per heavy atom. The minimum atomic E-state index is -0.520. The first-order valence-electron chi connectivity index (χ1n) is 6.43. The lowest BCUT2D eigenvalue weighted by Crippen LogP contribution is -2.12. The number of hydrogen-bond acceptors (Lipinski definition) is 4. The minimum absolute atomic E-state index is 0.0561. The number of benzene rings is 1. The summed E-state index contributed by atoms with van der Waals surface area (Å²) in [6.07, 6.45) is 0.415. The Bertz CT molecular complexity index is 647. The average molecular weight is 273 g/mol. The number of rotatable bonds is 5. The van der Waals surface area contributed by atoms with Gasteiger partial charge in [-0.25, -0.2) is 0 Å². The van der Waals surface area contributed by atoms with E-state index >= 15 is 0 Å². The molecule has 6 nitrogen and oxygen atoms in total. The van der Waals surface area contributed by atoms with E-state index in [0.29, 0.717) is 24.2 Å². The van der Waals surface area contributed by atoms with Crippen molar-refractivity contribution in [2.75, 3.05) is 0 Å². The number of nitrogens with zero attached hydrogens (tertiary/aromatic N) is 3. The molecule has 6 heteroatoms. The third-order valence-corrected chi connectivity index (χ3v) is 3.07. The van der Waals surface area contributed by atoms with E-state index in [9.17, 15) is 14.9 Å². The van der Waals surface area contributed by atoms with Crippen LogP contribution in [-0.4, -0.2) is 20.5 Å². The van der Waals surface area contributed by atoms with E-state index in [1.54, 1.807) is 44.2 Å². The summed E-state index contributed by atoms with van der Waals surface area (Å²) in [6.45, 7) is 4.00. The first-order chi connectivity index (χ1) is 9.60. The van der Waals surface area contributed by atoms with E-state index in [1.165, 1.54) is 4.68 Å². The Morgan fingerprint density at radius 2 is 1.95 bits per heavy atom.